The van der Waals surface area contributed by atoms with Crippen molar-refractivity contribution in [1.29, 1.82) is 0 Å². The van der Waals surface area contributed by atoms with Crippen LogP contribution in [-0.2, 0) is 6.42 Å². The molecular weight excluding hydrogens is 314 g/mol. The van der Waals surface area contributed by atoms with Gasteiger partial charge in [0.1, 0.15) is 12.0 Å². The van der Waals surface area contributed by atoms with Crippen LogP contribution in [0.4, 0.5) is 0 Å². The monoisotopic (exact) mass is 335 g/mol. The van der Waals surface area contributed by atoms with Gasteiger partial charge in [-0.1, -0.05) is 24.3 Å². The SMILES string of the molecule is COc1ccccc1C(=O)C=C1NC(C)(C)Cc2ccc(C=O)cc21. The first-order chi connectivity index (χ1) is 11.9. The maximum Gasteiger partial charge on any atom is 0.191 e. The number of ketones is 1. The normalized spacial score (nSPS) is 16.7. The van der Waals surface area contributed by atoms with Crippen molar-refractivity contribution < 1.29 is 14.3 Å². The number of hydrogen-bond donors (Lipinski definition) is 1. The molecule has 25 heavy (non-hydrogen) atoms. The van der Waals surface area contributed by atoms with E-state index in [-0.39, 0.29) is 11.3 Å². The summed E-state index contributed by atoms with van der Waals surface area (Å²) in [6.45, 7) is 4.18. The largest absolute Gasteiger partial charge is 0.496 e. The van der Waals surface area contributed by atoms with Crippen molar-refractivity contribution in [2.24, 2.45) is 0 Å². The van der Waals surface area contributed by atoms with E-state index >= 15 is 0 Å². The molecule has 0 aliphatic carbocycles. The predicted molar refractivity (Wildman–Crippen MR) is 98.0 cm³/mol. The summed E-state index contributed by atoms with van der Waals surface area (Å²) in [4.78, 5) is 23.9. The topological polar surface area (TPSA) is 55.4 Å². The van der Waals surface area contributed by atoms with Crippen molar-refractivity contribution >= 4 is 17.8 Å². The molecule has 4 nitrogen and oxygen atoms in total. The van der Waals surface area contributed by atoms with E-state index in [1.165, 1.54) is 0 Å². The molecule has 1 aliphatic rings. The number of rotatable bonds is 4. The number of fused-ring (bicyclic) bond motifs is 1. The molecule has 0 spiro atoms. The van der Waals surface area contributed by atoms with Gasteiger partial charge in [0.25, 0.3) is 0 Å². The number of benzene rings is 2. The van der Waals surface area contributed by atoms with E-state index in [0.717, 1.165) is 29.5 Å². The number of carbonyl (C=O) groups excluding carboxylic acids is 2. The summed E-state index contributed by atoms with van der Waals surface area (Å²) in [5.74, 6) is 0.404. The predicted octanol–water partition coefficient (Wildman–Crippen LogP) is 3.66. The van der Waals surface area contributed by atoms with E-state index in [9.17, 15) is 9.59 Å². The lowest BCUT2D eigenvalue weighted by molar-refractivity contribution is 0.104. The van der Waals surface area contributed by atoms with Crippen molar-refractivity contribution in [3.05, 3.63) is 70.8 Å². The third kappa shape index (κ3) is 3.48. The quantitative estimate of drug-likeness (QED) is 0.526. The maximum atomic E-state index is 12.8. The Bertz CT molecular complexity index is 865. The molecule has 3 rings (SSSR count). The van der Waals surface area contributed by atoms with Crippen LogP contribution in [0.15, 0.2) is 48.5 Å². The smallest absolute Gasteiger partial charge is 0.191 e. The first-order valence-corrected chi connectivity index (χ1v) is 8.19. The molecule has 0 atom stereocenters. The van der Waals surface area contributed by atoms with Gasteiger partial charge in [0, 0.05) is 28.4 Å². The molecular formula is C21H21NO3. The van der Waals surface area contributed by atoms with Crippen molar-refractivity contribution in [2.75, 3.05) is 7.11 Å². The summed E-state index contributed by atoms with van der Waals surface area (Å²) < 4.78 is 5.29. The fourth-order valence-corrected chi connectivity index (χ4v) is 3.20. The van der Waals surface area contributed by atoms with Crippen LogP contribution in [0.1, 0.15) is 45.7 Å². The Labute approximate surface area is 147 Å². The number of ether oxygens (including phenoxy) is 1. The molecule has 0 unspecified atom stereocenters. The van der Waals surface area contributed by atoms with Gasteiger partial charge in [-0.2, -0.15) is 0 Å². The van der Waals surface area contributed by atoms with Gasteiger partial charge in [-0.3, -0.25) is 9.59 Å². The van der Waals surface area contributed by atoms with E-state index in [2.05, 4.69) is 19.2 Å². The second kappa shape index (κ2) is 6.55. The lowest BCUT2D eigenvalue weighted by Crippen LogP contribution is -2.43. The first-order valence-electron chi connectivity index (χ1n) is 8.19. The third-order valence-corrected chi connectivity index (χ3v) is 4.31. The highest BCUT2D eigenvalue weighted by Crippen LogP contribution is 2.31. The molecule has 0 aromatic heterocycles. The Morgan fingerprint density at radius 1 is 1.20 bits per heavy atom. The Morgan fingerprint density at radius 2 is 1.96 bits per heavy atom. The van der Waals surface area contributed by atoms with Crippen molar-refractivity contribution in [3.8, 4) is 5.75 Å². The van der Waals surface area contributed by atoms with E-state index in [1.807, 2.05) is 30.3 Å². The van der Waals surface area contributed by atoms with Gasteiger partial charge < -0.3 is 10.1 Å². The summed E-state index contributed by atoms with van der Waals surface area (Å²) in [5, 5.41) is 3.42. The van der Waals surface area contributed by atoms with Gasteiger partial charge in [0.05, 0.1) is 12.7 Å². The van der Waals surface area contributed by atoms with Crippen molar-refractivity contribution in [2.45, 2.75) is 25.8 Å². The lowest BCUT2D eigenvalue weighted by atomic mass is 9.84. The van der Waals surface area contributed by atoms with Crippen LogP contribution in [0.5, 0.6) is 5.75 Å². The summed E-state index contributed by atoms with van der Waals surface area (Å²) in [5.41, 5.74) is 3.67. The second-order valence-electron chi connectivity index (χ2n) is 6.84. The molecule has 0 saturated heterocycles. The van der Waals surface area contributed by atoms with E-state index in [0.29, 0.717) is 16.9 Å². The van der Waals surface area contributed by atoms with Crippen LogP contribution in [0.3, 0.4) is 0 Å². The summed E-state index contributed by atoms with van der Waals surface area (Å²) in [6.07, 6.45) is 3.23. The van der Waals surface area contributed by atoms with E-state index < -0.39 is 0 Å². The lowest BCUT2D eigenvalue weighted by Gasteiger charge is -2.35. The van der Waals surface area contributed by atoms with Gasteiger partial charge in [0.15, 0.2) is 5.78 Å². The number of methoxy groups -OCH3 is 1. The van der Waals surface area contributed by atoms with Crippen molar-refractivity contribution in [3.63, 3.8) is 0 Å². The zero-order valence-electron chi connectivity index (χ0n) is 14.6. The Hall–Kier alpha value is -2.88. The molecule has 0 fully saturated rings. The van der Waals surface area contributed by atoms with Crippen LogP contribution >= 0.6 is 0 Å². The van der Waals surface area contributed by atoms with Gasteiger partial charge in [-0.05, 0) is 44.0 Å². The maximum absolute atomic E-state index is 12.8. The number of nitrogens with one attached hydrogen (secondary N) is 1. The van der Waals surface area contributed by atoms with Crippen LogP contribution in [0.25, 0.3) is 5.70 Å². The Morgan fingerprint density at radius 3 is 2.68 bits per heavy atom. The second-order valence-corrected chi connectivity index (χ2v) is 6.84. The minimum absolute atomic E-state index is 0.139. The minimum Gasteiger partial charge on any atom is -0.496 e. The summed E-state index contributed by atoms with van der Waals surface area (Å²) in [6, 6.07) is 12.8. The minimum atomic E-state index is -0.178. The number of aldehydes is 1. The zero-order chi connectivity index (χ0) is 18.0. The average molecular weight is 335 g/mol. The fourth-order valence-electron chi connectivity index (χ4n) is 3.20. The fraction of sp³-hybridized carbons (Fsp3) is 0.238. The van der Waals surface area contributed by atoms with Gasteiger partial charge in [0.2, 0.25) is 0 Å². The van der Waals surface area contributed by atoms with Gasteiger partial charge in [-0.15, -0.1) is 0 Å². The van der Waals surface area contributed by atoms with Gasteiger partial charge >= 0.3 is 0 Å². The molecule has 1 N–H and O–H groups in total. The molecule has 4 heteroatoms. The van der Waals surface area contributed by atoms with Crippen LogP contribution in [-0.4, -0.2) is 24.7 Å². The number of para-hydroxylation sites is 1. The molecule has 0 saturated carbocycles. The summed E-state index contributed by atoms with van der Waals surface area (Å²) in [7, 11) is 1.55. The van der Waals surface area contributed by atoms with Crippen LogP contribution < -0.4 is 10.1 Å². The highest BCUT2D eigenvalue weighted by Gasteiger charge is 2.28. The van der Waals surface area contributed by atoms with Crippen molar-refractivity contribution in [1.82, 2.24) is 5.32 Å². The molecule has 1 aliphatic heterocycles. The molecule has 0 bridgehead atoms. The van der Waals surface area contributed by atoms with E-state index in [4.69, 9.17) is 4.74 Å². The number of hydrogen-bond acceptors (Lipinski definition) is 4. The highest BCUT2D eigenvalue weighted by atomic mass is 16.5. The average Bonchev–Trinajstić information content (AvgIpc) is 2.60. The Kier molecular flexibility index (Phi) is 4.45. The van der Waals surface area contributed by atoms with E-state index in [1.54, 1.807) is 25.3 Å². The molecule has 0 radical (unpaired) electrons. The first kappa shape index (κ1) is 17.0. The van der Waals surface area contributed by atoms with Crippen LogP contribution in [0.2, 0.25) is 0 Å². The summed E-state index contributed by atoms with van der Waals surface area (Å²) >= 11 is 0. The zero-order valence-corrected chi connectivity index (χ0v) is 14.6. The number of carbonyl (C=O) groups is 2. The molecule has 0 amide bonds. The highest BCUT2D eigenvalue weighted by molar-refractivity contribution is 6.10. The third-order valence-electron chi connectivity index (χ3n) is 4.31. The Balaban J connectivity index is 2.08. The number of allylic oxidation sites excluding steroid dienone is 1. The molecule has 1 heterocycles. The van der Waals surface area contributed by atoms with Gasteiger partial charge in [-0.25, -0.2) is 0 Å². The molecule has 128 valence electrons. The molecule has 2 aromatic rings. The standard InChI is InChI=1S/C21H21NO3/c1-21(2)12-15-9-8-14(13-23)10-17(15)18(22-21)11-19(24)16-6-4-5-7-20(16)25-3/h4-11,13,22H,12H2,1-3H3. The van der Waals surface area contributed by atoms with Crippen LogP contribution in [0, 0.1) is 0 Å². The molecule has 2 aromatic carbocycles.